The van der Waals surface area contributed by atoms with E-state index in [-0.39, 0.29) is 46.5 Å². The molecule has 36 heavy (non-hydrogen) atoms. The maximum atomic E-state index is 12.8. The molecule has 1 N–H and O–H groups in total. The molecule has 2 heterocycles. The fraction of sp³-hybridized carbons (Fsp3) is 0.0909. The number of carbonyl (C=O) groups excluding carboxylic acids is 1. The number of nitro benzene ring substituents is 2. The molecular formula is C22H14N6O7S. The third-order valence-electron chi connectivity index (χ3n) is 4.70. The number of nitro groups is 2. The predicted octanol–water partition coefficient (Wildman–Crippen LogP) is 3.76. The van der Waals surface area contributed by atoms with Crippen LogP contribution in [0.1, 0.15) is 5.56 Å². The van der Waals surface area contributed by atoms with Gasteiger partial charge in [-0.15, -0.1) is 0 Å². The van der Waals surface area contributed by atoms with Gasteiger partial charge in [0.1, 0.15) is 30.5 Å². The summed E-state index contributed by atoms with van der Waals surface area (Å²) in [4.78, 5) is 42.9. The Bertz CT molecular complexity index is 1440. The lowest BCUT2D eigenvalue weighted by Crippen LogP contribution is -2.18. The SMILES string of the molecule is N#CC(=Cc1ccc(Sc2ncccn2)c([N+](=O)[O-])c1)C(=O)Nc1cc2c(cc1[N+](=O)[O-])OCCO2. The second-order valence-electron chi connectivity index (χ2n) is 7.01. The molecule has 4 rings (SSSR count). The molecule has 14 heteroatoms. The molecular weight excluding hydrogens is 492 g/mol. The minimum atomic E-state index is -0.948. The molecule has 13 nitrogen and oxygen atoms in total. The van der Waals surface area contributed by atoms with E-state index in [0.717, 1.165) is 23.9 Å². The van der Waals surface area contributed by atoms with Gasteiger partial charge in [-0.3, -0.25) is 25.0 Å². The van der Waals surface area contributed by atoms with Gasteiger partial charge in [0.25, 0.3) is 17.3 Å². The number of hydrogen-bond acceptors (Lipinski definition) is 11. The van der Waals surface area contributed by atoms with Crippen LogP contribution in [-0.4, -0.2) is 38.9 Å². The quantitative estimate of drug-likeness (QED) is 0.162. The highest BCUT2D eigenvalue weighted by molar-refractivity contribution is 7.99. The summed E-state index contributed by atoms with van der Waals surface area (Å²) in [6.45, 7) is 0.448. The summed E-state index contributed by atoms with van der Waals surface area (Å²) in [5.41, 5.74) is -1.16. The van der Waals surface area contributed by atoms with Crippen LogP contribution in [0.2, 0.25) is 0 Å². The highest BCUT2D eigenvalue weighted by Crippen LogP contribution is 2.39. The number of nitrogens with zero attached hydrogens (tertiary/aromatic N) is 5. The van der Waals surface area contributed by atoms with Gasteiger partial charge < -0.3 is 14.8 Å². The minimum Gasteiger partial charge on any atom is -0.486 e. The zero-order valence-corrected chi connectivity index (χ0v) is 18.9. The van der Waals surface area contributed by atoms with Crippen molar-refractivity contribution in [3.63, 3.8) is 0 Å². The van der Waals surface area contributed by atoms with E-state index in [1.807, 2.05) is 0 Å². The highest BCUT2D eigenvalue weighted by atomic mass is 32.2. The van der Waals surface area contributed by atoms with E-state index >= 15 is 0 Å². The number of fused-ring (bicyclic) bond motifs is 1. The number of nitriles is 1. The Morgan fingerprint density at radius 2 is 1.72 bits per heavy atom. The maximum Gasteiger partial charge on any atom is 0.296 e. The summed E-state index contributed by atoms with van der Waals surface area (Å²) in [6, 6.07) is 9.81. The number of carbonyl (C=O) groups is 1. The smallest absolute Gasteiger partial charge is 0.296 e. The van der Waals surface area contributed by atoms with Gasteiger partial charge in [0.2, 0.25) is 0 Å². The van der Waals surface area contributed by atoms with Crippen LogP contribution in [0.15, 0.2) is 64.4 Å². The maximum absolute atomic E-state index is 12.8. The van der Waals surface area contributed by atoms with Crippen LogP contribution in [0, 0.1) is 31.6 Å². The average Bonchev–Trinajstić information content (AvgIpc) is 2.87. The van der Waals surface area contributed by atoms with E-state index in [9.17, 15) is 30.3 Å². The van der Waals surface area contributed by atoms with Crippen LogP contribution in [-0.2, 0) is 4.79 Å². The van der Waals surface area contributed by atoms with E-state index in [2.05, 4.69) is 15.3 Å². The lowest BCUT2D eigenvalue weighted by Gasteiger charge is -2.19. The van der Waals surface area contributed by atoms with Crippen molar-refractivity contribution in [2.45, 2.75) is 10.1 Å². The molecule has 180 valence electrons. The first-order valence-electron chi connectivity index (χ1n) is 10.1. The molecule has 0 unspecified atom stereocenters. The summed E-state index contributed by atoms with van der Waals surface area (Å²) in [5, 5.41) is 35.3. The molecule has 0 aliphatic carbocycles. The first-order valence-corrected chi connectivity index (χ1v) is 10.9. The van der Waals surface area contributed by atoms with Gasteiger partial charge in [-0.05, 0) is 35.5 Å². The van der Waals surface area contributed by atoms with Crippen molar-refractivity contribution in [2.24, 2.45) is 0 Å². The van der Waals surface area contributed by atoms with Gasteiger partial charge in [-0.1, -0.05) is 6.07 Å². The molecule has 0 radical (unpaired) electrons. The molecule has 0 fully saturated rings. The first kappa shape index (κ1) is 24.1. The van der Waals surface area contributed by atoms with Crippen molar-refractivity contribution >= 4 is 40.8 Å². The van der Waals surface area contributed by atoms with Crippen molar-refractivity contribution in [2.75, 3.05) is 18.5 Å². The fourth-order valence-electron chi connectivity index (χ4n) is 3.12. The lowest BCUT2D eigenvalue weighted by atomic mass is 10.1. The van der Waals surface area contributed by atoms with Gasteiger partial charge in [-0.2, -0.15) is 5.26 Å². The van der Waals surface area contributed by atoms with Gasteiger partial charge in [0.05, 0.1) is 20.8 Å². The fourth-order valence-corrected chi connectivity index (χ4v) is 3.92. The lowest BCUT2D eigenvalue weighted by molar-refractivity contribution is -0.387. The van der Waals surface area contributed by atoms with Gasteiger partial charge >= 0.3 is 0 Å². The monoisotopic (exact) mass is 506 g/mol. The van der Waals surface area contributed by atoms with E-state index in [1.165, 1.54) is 36.7 Å². The molecule has 1 amide bonds. The molecule has 2 aromatic carbocycles. The van der Waals surface area contributed by atoms with Crippen molar-refractivity contribution in [1.82, 2.24) is 9.97 Å². The first-order chi connectivity index (χ1) is 17.4. The van der Waals surface area contributed by atoms with E-state index in [4.69, 9.17) is 9.47 Å². The van der Waals surface area contributed by atoms with Crippen LogP contribution >= 0.6 is 11.8 Å². The molecule has 0 atom stereocenters. The van der Waals surface area contributed by atoms with Crippen molar-refractivity contribution in [3.8, 4) is 17.6 Å². The van der Waals surface area contributed by atoms with Crippen molar-refractivity contribution in [3.05, 3.63) is 80.2 Å². The number of benzene rings is 2. The van der Waals surface area contributed by atoms with Crippen LogP contribution in [0.4, 0.5) is 17.1 Å². The second kappa shape index (κ2) is 10.5. The van der Waals surface area contributed by atoms with Crippen molar-refractivity contribution < 1.29 is 24.1 Å². The Labute approximate surface area is 206 Å². The van der Waals surface area contributed by atoms with E-state index < -0.39 is 27.0 Å². The number of nitrogens with one attached hydrogen (secondary N) is 1. The number of hydrogen-bond donors (Lipinski definition) is 1. The molecule has 1 aromatic heterocycles. The molecule has 1 aliphatic heterocycles. The Kier molecular flexibility index (Phi) is 7.02. The summed E-state index contributed by atoms with van der Waals surface area (Å²) in [5.74, 6) is -0.583. The normalized spacial score (nSPS) is 12.4. The zero-order valence-electron chi connectivity index (χ0n) is 18.1. The van der Waals surface area contributed by atoms with Crippen LogP contribution in [0.5, 0.6) is 11.5 Å². The molecule has 3 aromatic rings. The van der Waals surface area contributed by atoms with Gasteiger partial charge in [0, 0.05) is 24.5 Å². The summed E-state index contributed by atoms with van der Waals surface area (Å²) in [6.07, 6.45) is 4.14. The largest absolute Gasteiger partial charge is 0.486 e. The van der Waals surface area contributed by atoms with Crippen LogP contribution in [0.25, 0.3) is 6.08 Å². The van der Waals surface area contributed by atoms with Crippen LogP contribution < -0.4 is 14.8 Å². The molecule has 0 saturated heterocycles. The average molecular weight is 506 g/mol. The minimum absolute atomic E-state index is 0.160. The summed E-state index contributed by atoms with van der Waals surface area (Å²) in [7, 11) is 0. The second-order valence-corrected chi connectivity index (χ2v) is 8.02. The predicted molar refractivity (Wildman–Crippen MR) is 126 cm³/mol. The van der Waals surface area contributed by atoms with E-state index in [0.29, 0.717) is 5.16 Å². The van der Waals surface area contributed by atoms with Gasteiger partial charge in [0.15, 0.2) is 16.7 Å². The number of anilines is 1. The highest BCUT2D eigenvalue weighted by Gasteiger charge is 2.25. The topological polar surface area (TPSA) is 183 Å². The molecule has 0 spiro atoms. The molecule has 0 saturated carbocycles. The Hall–Kier alpha value is -5.03. The third-order valence-corrected chi connectivity index (χ3v) is 5.66. The van der Waals surface area contributed by atoms with Crippen LogP contribution in [0.3, 0.4) is 0 Å². The third kappa shape index (κ3) is 5.37. The van der Waals surface area contributed by atoms with E-state index in [1.54, 1.807) is 12.1 Å². The van der Waals surface area contributed by atoms with Crippen molar-refractivity contribution in [1.29, 1.82) is 5.26 Å². The molecule has 0 bridgehead atoms. The standard InChI is InChI=1S/C22H14N6O7S/c23-12-14(21(29)26-15-10-18-19(35-7-6-34-18)11-16(15)27(30)31)8-13-2-3-20(17(9-13)28(32)33)36-22-24-4-1-5-25-22/h1-5,8-11H,6-7H2,(H,26,29). The van der Waals surface area contributed by atoms with Gasteiger partial charge in [-0.25, -0.2) is 9.97 Å². The summed E-state index contributed by atoms with van der Waals surface area (Å²) < 4.78 is 10.7. The number of aromatic nitrogens is 2. The zero-order chi connectivity index (χ0) is 25.7. The number of rotatable bonds is 7. The number of ether oxygens (including phenoxy) is 2. The Balaban J connectivity index is 1.62. The number of amides is 1. The Morgan fingerprint density at radius 1 is 1.06 bits per heavy atom. The summed E-state index contributed by atoms with van der Waals surface area (Å²) >= 11 is 0.985. The Morgan fingerprint density at radius 3 is 2.36 bits per heavy atom. The molecule has 1 aliphatic rings.